The number of hydrogen-bond acceptors (Lipinski definition) is 3. The average molecular weight is 526 g/mol. The number of likely N-dealkylation sites (tertiary alicyclic amines) is 1. The minimum Gasteiger partial charge on any atom is -0.497 e. The molecule has 1 fully saturated rings. The van der Waals surface area contributed by atoms with Gasteiger partial charge in [-0.2, -0.15) is 0 Å². The van der Waals surface area contributed by atoms with Crippen molar-refractivity contribution < 1.29 is 18.7 Å². The highest BCUT2D eigenvalue weighted by molar-refractivity contribution is 6.67. The SMILES string of the molecule is COc1cccc([C@]23CCN(C(=O)OCC(Cl)(Cl)Cl)CC2Cc2c([nH]c4cccc(F)c24)C3)c1. The van der Waals surface area contributed by atoms with Gasteiger partial charge in [0.1, 0.15) is 18.2 Å². The van der Waals surface area contributed by atoms with Crippen LogP contribution in [0.25, 0.3) is 10.9 Å². The highest BCUT2D eigenvalue weighted by atomic mass is 35.6. The Morgan fingerprint density at radius 1 is 1.26 bits per heavy atom. The number of rotatable bonds is 3. The van der Waals surface area contributed by atoms with Crippen molar-refractivity contribution in [3.63, 3.8) is 0 Å². The van der Waals surface area contributed by atoms with Crippen LogP contribution >= 0.6 is 34.8 Å². The Bertz CT molecular complexity index is 1240. The quantitative estimate of drug-likeness (QED) is 0.415. The fraction of sp³-hybridized carbons (Fsp3) is 0.400. The van der Waals surface area contributed by atoms with E-state index in [0.29, 0.717) is 37.7 Å². The van der Waals surface area contributed by atoms with Crippen molar-refractivity contribution in [1.29, 1.82) is 0 Å². The van der Waals surface area contributed by atoms with Crippen LogP contribution in [0.5, 0.6) is 5.75 Å². The minimum absolute atomic E-state index is 0.0415. The maximum Gasteiger partial charge on any atom is 0.409 e. The summed E-state index contributed by atoms with van der Waals surface area (Å²) in [5.41, 5.74) is 3.73. The van der Waals surface area contributed by atoms with E-state index in [0.717, 1.165) is 28.1 Å². The highest BCUT2D eigenvalue weighted by Crippen LogP contribution is 2.50. The molecular formula is C25H24Cl3FN2O3. The smallest absolute Gasteiger partial charge is 0.409 e. The van der Waals surface area contributed by atoms with Crippen LogP contribution in [0.2, 0.25) is 0 Å². The van der Waals surface area contributed by atoms with Gasteiger partial charge in [-0.1, -0.05) is 53.0 Å². The van der Waals surface area contributed by atoms with Crippen LogP contribution in [0.4, 0.5) is 9.18 Å². The van der Waals surface area contributed by atoms with Gasteiger partial charge in [0.2, 0.25) is 3.79 Å². The summed E-state index contributed by atoms with van der Waals surface area (Å²) in [5.74, 6) is 0.585. The van der Waals surface area contributed by atoms with Gasteiger partial charge in [0.25, 0.3) is 0 Å². The number of halogens is 4. The van der Waals surface area contributed by atoms with E-state index in [4.69, 9.17) is 44.3 Å². The number of alkyl halides is 3. The van der Waals surface area contributed by atoms with Crippen LogP contribution in [0.1, 0.15) is 23.2 Å². The third-order valence-corrected chi connectivity index (χ3v) is 7.55. The van der Waals surface area contributed by atoms with Gasteiger partial charge in [0.15, 0.2) is 0 Å². The maximum atomic E-state index is 14.8. The predicted octanol–water partition coefficient (Wildman–Crippen LogP) is 6.18. The lowest BCUT2D eigenvalue weighted by atomic mass is 9.59. The number of hydrogen-bond donors (Lipinski definition) is 1. The lowest BCUT2D eigenvalue weighted by Gasteiger charge is -2.50. The molecule has 2 heterocycles. The maximum absolute atomic E-state index is 14.8. The first-order chi connectivity index (χ1) is 16.2. The van der Waals surface area contributed by atoms with Gasteiger partial charge in [0, 0.05) is 35.1 Å². The second-order valence-electron chi connectivity index (χ2n) is 9.08. The Labute approximate surface area is 212 Å². The molecule has 3 aromatic rings. The first-order valence-corrected chi connectivity index (χ1v) is 12.2. The van der Waals surface area contributed by atoms with Crippen LogP contribution < -0.4 is 4.74 Å². The molecule has 0 spiro atoms. The summed E-state index contributed by atoms with van der Waals surface area (Å²) in [5, 5.41) is 0.632. The molecule has 2 aliphatic rings. The van der Waals surface area contributed by atoms with Gasteiger partial charge < -0.3 is 19.4 Å². The van der Waals surface area contributed by atoms with E-state index in [2.05, 4.69) is 17.1 Å². The molecule has 5 nitrogen and oxygen atoms in total. The molecule has 0 saturated carbocycles. The zero-order valence-electron chi connectivity index (χ0n) is 18.5. The summed E-state index contributed by atoms with van der Waals surface area (Å²) < 4.78 is 23.9. The average Bonchev–Trinajstić information content (AvgIpc) is 3.18. The lowest BCUT2D eigenvalue weighted by molar-refractivity contribution is 0.0539. The van der Waals surface area contributed by atoms with Crippen LogP contribution in [-0.2, 0) is 23.0 Å². The zero-order chi connectivity index (χ0) is 24.1. The van der Waals surface area contributed by atoms with Crippen molar-refractivity contribution >= 4 is 51.8 Å². The molecule has 1 saturated heterocycles. The van der Waals surface area contributed by atoms with E-state index in [-0.39, 0.29) is 23.8 Å². The summed E-state index contributed by atoms with van der Waals surface area (Å²) in [6.45, 7) is 0.628. The van der Waals surface area contributed by atoms with E-state index in [1.54, 1.807) is 18.1 Å². The monoisotopic (exact) mass is 524 g/mol. The second-order valence-corrected chi connectivity index (χ2v) is 11.6. The van der Waals surface area contributed by atoms with Crippen LogP contribution in [0, 0.1) is 11.7 Å². The number of nitrogens with one attached hydrogen (secondary N) is 1. The number of benzene rings is 2. The van der Waals surface area contributed by atoms with Gasteiger partial charge in [-0.25, -0.2) is 9.18 Å². The number of fused-ring (bicyclic) bond motifs is 4. The van der Waals surface area contributed by atoms with Crippen LogP contribution in [0.3, 0.4) is 0 Å². The number of aromatic nitrogens is 1. The normalized spacial score (nSPS) is 22.3. The van der Waals surface area contributed by atoms with Crippen molar-refractivity contribution in [2.45, 2.75) is 28.5 Å². The van der Waals surface area contributed by atoms with Gasteiger partial charge in [-0.05, 0) is 60.6 Å². The summed E-state index contributed by atoms with van der Waals surface area (Å²) in [7, 11) is 1.65. The third-order valence-electron chi connectivity index (χ3n) is 7.22. The molecule has 2 aromatic carbocycles. The van der Waals surface area contributed by atoms with Crippen molar-refractivity contribution in [2.75, 3.05) is 26.8 Å². The number of ether oxygens (including phenoxy) is 2. The fourth-order valence-corrected chi connectivity index (χ4v) is 5.80. The molecule has 9 heteroatoms. The number of amides is 1. The molecule has 0 bridgehead atoms. The number of aromatic amines is 1. The topological polar surface area (TPSA) is 54.6 Å². The van der Waals surface area contributed by atoms with E-state index < -0.39 is 9.89 Å². The third kappa shape index (κ3) is 4.21. The van der Waals surface area contributed by atoms with Crippen LogP contribution in [0.15, 0.2) is 42.5 Å². The van der Waals surface area contributed by atoms with Crippen molar-refractivity contribution in [3.05, 3.63) is 65.1 Å². The number of carbonyl (C=O) groups excluding carboxylic acids is 1. The summed E-state index contributed by atoms with van der Waals surface area (Å²) in [6, 6.07) is 13.2. The first-order valence-electron chi connectivity index (χ1n) is 11.1. The summed E-state index contributed by atoms with van der Waals surface area (Å²) in [4.78, 5) is 17.9. The first kappa shape index (κ1) is 23.6. The Kier molecular flexibility index (Phi) is 6.11. The number of nitrogens with zero attached hydrogens (tertiary/aromatic N) is 1. The van der Waals surface area contributed by atoms with Crippen molar-refractivity contribution in [2.24, 2.45) is 5.92 Å². The van der Waals surface area contributed by atoms with Crippen molar-refractivity contribution in [3.8, 4) is 5.75 Å². The molecule has 1 aromatic heterocycles. The molecular weight excluding hydrogens is 502 g/mol. The second kappa shape index (κ2) is 8.81. The predicted molar refractivity (Wildman–Crippen MR) is 132 cm³/mol. The Hall–Kier alpha value is -2.15. The van der Waals surface area contributed by atoms with Gasteiger partial charge in [-0.15, -0.1) is 0 Å². The van der Waals surface area contributed by atoms with Crippen molar-refractivity contribution in [1.82, 2.24) is 9.88 Å². The van der Waals surface area contributed by atoms with E-state index in [1.807, 2.05) is 18.2 Å². The molecule has 180 valence electrons. The largest absolute Gasteiger partial charge is 0.497 e. The molecule has 34 heavy (non-hydrogen) atoms. The molecule has 2 atom stereocenters. The Morgan fingerprint density at radius 3 is 2.82 bits per heavy atom. The van der Waals surface area contributed by atoms with E-state index >= 15 is 0 Å². The van der Waals surface area contributed by atoms with E-state index in [1.165, 1.54) is 6.07 Å². The molecule has 0 radical (unpaired) electrons. The molecule has 1 N–H and O–H groups in total. The zero-order valence-corrected chi connectivity index (χ0v) is 20.8. The lowest BCUT2D eigenvalue weighted by Crippen LogP contribution is -2.55. The standard InChI is InChI=1S/C25H24Cl3FN2O3/c1-33-17-5-2-4-15(10-17)24-8-9-31(23(32)34-14-25(26,27)28)13-16(24)11-18-21(12-24)30-20-7-3-6-19(29)22(18)20/h2-7,10,16,30H,8-9,11-14H2,1H3/t16?,24-/m1/s1. The summed E-state index contributed by atoms with van der Waals surface area (Å²) in [6.07, 6.45) is 1.54. The number of methoxy groups -OCH3 is 1. The van der Waals surface area contributed by atoms with Crippen LogP contribution in [-0.4, -0.2) is 46.6 Å². The van der Waals surface area contributed by atoms with Gasteiger partial charge in [-0.3, -0.25) is 0 Å². The molecule has 1 amide bonds. The fourth-order valence-electron chi connectivity index (χ4n) is 5.64. The van der Waals surface area contributed by atoms with Gasteiger partial charge >= 0.3 is 6.09 Å². The number of piperidine rings is 1. The van der Waals surface area contributed by atoms with E-state index in [9.17, 15) is 9.18 Å². The number of H-pyrrole nitrogens is 1. The minimum atomic E-state index is -1.67. The van der Waals surface area contributed by atoms with Gasteiger partial charge in [0.05, 0.1) is 7.11 Å². The Morgan fingerprint density at radius 2 is 2.06 bits per heavy atom. The Balaban J connectivity index is 1.53. The highest BCUT2D eigenvalue weighted by Gasteiger charge is 2.49. The molecule has 1 aliphatic carbocycles. The number of carbonyl (C=O) groups is 1. The molecule has 1 aliphatic heterocycles. The molecule has 1 unspecified atom stereocenters. The summed E-state index contributed by atoms with van der Waals surface area (Å²) >= 11 is 17.3. The molecule has 5 rings (SSSR count).